The lowest BCUT2D eigenvalue weighted by Gasteiger charge is -2.08. The molecule has 1 heterocycles. The summed E-state index contributed by atoms with van der Waals surface area (Å²) in [6.45, 7) is 1.99. The van der Waals surface area contributed by atoms with Gasteiger partial charge in [-0.25, -0.2) is 19.6 Å². The van der Waals surface area contributed by atoms with Gasteiger partial charge in [0.1, 0.15) is 5.75 Å². The van der Waals surface area contributed by atoms with Gasteiger partial charge in [-0.1, -0.05) is 0 Å². The van der Waals surface area contributed by atoms with Crippen LogP contribution in [-0.2, 0) is 4.74 Å². The third kappa shape index (κ3) is 4.24. The monoisotopic (exact) mass is 378 g/mol. The maximum absolute atomic E-state index is 12.4. The lowest BCUT2D eigenvalue weighted by molar-refractivity contribution is 0.0521. The molecule has 0 saturated heterocycles. The Kier molecular flexibility index (Phi) is 5.50. The van der Waals surface area contributed by atoms with E-state index in [1.165, 1.54) is 6.20 Å². The molecule has 142 valence electrons. The number of aromatic nitrogens is 1. The van der Waals surface area contributed by atoms with Crippen molar-refractivity contribution in [3.63, 3.8) is 0 Å². The van der Waals surface area contributed by atoms with Gasteiger partial charge in [0.05, 0.1) is 17.9 Å². The summed E-state index contributed by atoms with van der Waals surface area (Å²) in [6.07, 6.45) is 1.50. The van der Waals surface area contributed by atoms with Crippen molar-refractivity contribution in [1.29, 1.82) is 0 Å². The van der Waals surface area contributed by atoms with Gasteiger partial charge in [0.15, 0.2) is 11.7 Å². The fourth-order valence-electron chi connectivity index (χ4n) is 2.57. The van der Waals surface area contributed by atoms with Crippen LogP contribution in [0, 0.1) is 0 Å². The zero-order chi connectivity index (χ0) is 20.1. The Morgan fingerprint density at radius 1 is 1.04 bits per heavy atom. The second-order valence-corrected chi connectivity index (χ2v) is 5.74. The van der Waals surface area contributed by atoms with Crippen LogP contribution in [0.5, 0.6) is 5.75 Å². The average Bonchev–Trinajstić information content (AvgIpc) is 2.67. The van der Waals surface area contributed by atoms with E-state index in [9.17, 15) is 9.59 Å². The summed E-state index contributed by atoms with van der Waals surface area (Å²) in [5.41, 5.74) is 11.7. The van der Waals surface area contributed by atoms with Crippen molar-refractivity contribution in [3.05, 3.63) is 66.0 Å². The topological polar surface area (TPSA) is 130 Å². The molecular weight excluding hydrogens is 360 g/mol. The highest BCUT2D eigenvalue weighted by atomic mass is 16.5. The minimum absolute atomic E-state index is 0.0665. The number of hydrogen-bond acceptors (Lipinski definition) is 6. The van der Waals surface area contributed by atoms with Crippen molar-refractivity contribution in [3.8, 4) is 5.75 Å². The lowest BCUT2D eigenvalue weighted by atomic mass is 10.1. The van der Waals surface area contributed by atoms with Crippen LogP contribution < -0.4 is 16.2 Å². The first-order chi connectivity index (χ1) is 13.5. The number of carbonyl (C=O) groups is 2. The largest absolute Gasteiger partial charge is 0.461 e. The average molecular weight is 378 g/mol. The zero-order valence-corrected chi connectivity index (χ0v) is 15.1. The molecule has 0 bridgehead atoms. The molecule has 0 unspecified atom stereocenters. The van der Waals surface area contributed by atoms with E-state index in [2.05, 4.69) is 9.98 Å². The highest BCUT2D eigenvalue weighted by Gasteiger charge is 2.14. The second kappa shape index (κ2) is 8.17. The number of esters is 2. The first kappa shape index (κ1) is 18.8. The summed E-state index contributed by atoms with van der Waals surface area (Å²) in [4.78, 5) is 32.3. The van der Waals surface area contributed by atoms with Crippen molar-refractivity contribution in [2.45, 2.75) is 6.92 Å². The molecule has 8 nitrogen and oxygen atoms in total. The normalized spacial score (nSPS) is 10.3. The molecule has 8 heteroatoms. The highest BCUT2D eigenvalue weighted by molar-refractivity contribution is 6.03. The molecule has 0 radical (unpaired) electrons. The number of pyridine rings is 1. The van der Waals surface area contributed by atoms with E-state index in [1.54, 1.807) is 55.5 Å². The number of ether oxygens (including phenoxy) is 2. The van der Waals surface area contributed by atoms with Gasteiger partial charge in [0, 0.05) is 11.6 Å². The van der Waals surface area contributed by atoms with E-state index in [0.29, 0.717) is 27.8 Å². The standard InChI is InChI=1S/C20H18N4O4/c1-2-27-19(26)17-16-8-7-15(11-13(16)9-10-23-17)28-18(25)12-3-5-14(6-4-12)24-20(21)22/h3-11H,2H2,1H3,(H4,21,22,24). The molecule has 0 atom stereocenters. The van der Waals surface area contributed by atoms with Crippen LogP contribution in [0.15, 0.2) is 59.7 Å². The summed E-state index contributed by atoms with van der Waals surface area (Å²) >= 11 is 0. The Morgan fingerprint density at radius 2 is 1.79 bits per heavy atom. The Labute approximate surface area is 160 Å². The summed E-state index contributed by atoms with van der Waals surface area (Å²) < 4.78 is 10.4. The maximum Gasteiger partial charge on any atom is 0.357 e. The molecular formula is C20H18N4O4. The van der Waals surface area contributed by atoms with E-state index >= 15 is 0 Å². The first-order valence-corrected chi connectivity index (χ1v) is 8.45. The predicted molar refractivity (Wildman–Crippen MR) is 105 cm³/mol. The second-order valence-electron chi connectivity index (χ2n) is 5.74. The molecule has 4 N–H and O–H groups in total. The summed E-state index contributed by atoms with van der Waals surface area (Å²) in [5, 5.41) is 1.31. The number of hydrogen-bond donors (Lipinski definition) is 2. The number of nitrogens with two attached hydrogens (primary N) is 2. The molecule has 0 saturated carbocycles. The van der Waals surface area contributed by atoms with Crippen molar-refractivity contribution in [2.75, 3.05) is 6.61 Å². The molecule has 0 fully saturated rings. The third-order valence-electron chi connectivity index (χ3n) is 3.78. The van der Waals surface area contributed by atoms with E-state index < -0.39 is 11.9 Å². The first-order valence-electron chi connectivity index (χ1n) is 8.45. The van der Waals surface area contributed by atoms with Crippen LogP contribution in [0.2, 0.25) is 0 Å². The fraction of sp³-hybridized carbons (Fsp3) is 0.100. The van der Waals surface area contributed by atoms with Gasteiger partial charge in [0.25, 0.3) is 0 Å². The quantitative estimate of drug-likeness (QED) is 0.302. The van der Waals surface area contributed by atoms with E-state index in [4.69, 9.17) is 20.9 Å². The van der Waals surface area contributed by atoms with Crippen LogP contribution in [0.1, 0.15) is 27.8 Å². The molecule has 28 heavy (non-hydrogen) atoms. The van der Waals surface area contributed by atoms with Gasteiger partial charge in [0.2, 0.25) is 0 Å². The fourth-order valence-corrected chi connectivity index (χ4v) is 2.57. The number of guanidine groups is 1. The molecule has 0 spiro atoms. The molecule has 3 aromatic rings. The number of carbonyl (C=O) groups excluding carboxylic acids is 2. The van der Waals surface area contributed by atoms with Crippen LogP contribution >= 0.6 is 0 Å². The molecule has 0 aliphatic carbocycles. The molecule has 1 aromatic heterocycles. The van der Waals surface area contributed by atoms with Gasteiger partial charge >= 0.3 is 11.9 Å². The Bertz CT molecular complexity index is 1060. The molecule has 0 aliphatic rings. The van der Waals surface area contributed by atoms with E-state index in [0.717, 1.165) is 0 Å². The van der Waals surface area contributed by atoms with E-state index in [-0.39, 0.29) is 18.3 Å². The van der Waals surface area contributed by atoms with E-state index in [1.807, 2.05) is 0 Å². The SMILES string of the molecule is CCOC(=O)c1nccc2cc(OC(=O)c3ccc(N=C(N)N)cc3)ccc12. The number of fused-ring (bicyclic) bond motifs is 1. The number of aliphatic imine (C=N–C) groups is 1. The summed E-state index contributed by atoms with van der Waals surface area (Å²) in [7, 11) is 0. The number of benzene rings is 2. The van der Waals surface area contributed by atoms with Crippen molar-refractivity contribution in [1.82, 2.24) is 4.98 Å². The number of nitrogens with zero attached hydrogens (tertiary/aromatic N) is 2. The van der Waals surface area contributed by atoms with Crippen molar-refractivity contribution in [2.24, 2.45) is 16.5 Å². The number of rotatable bonds is 5. The Morgan fingerprint density at radius 3 is 2.46 bits per heavy atom. The highest BCUT2D eigenvalue weighted by Crippen LogP contribution is 2.24. The minimum atomic E-state index is -0.532. The smallest absolute Gasteiger partial charge is 0.357 e. The van der Waals surface area contributed by atoms with Gasteiger partial charge in [-0.2, -0.15) is 0 Å². The van der Waals surface area contributed by atoms with Crippen LogP contribution in [0.25, 0.3) is 10.8 Å². The van der Waals surface area contributed by atoms with Crippen molar-refractivity contribution < 1.29 is 19.1 Å². The minimum Gasteiger partial charge on any atom is -0.461 e. The van der Waals surface area contributed by atoms with Crippen LogP contribution in [-0.4, -0.2) is 29.5 Å². The van der Waals surface area contributed by atoms with Gasteiger partial charge in [-0.3, -0.25) is 0 Å². The molecule has 3 rings (SSSR count). The third-order valence-corrected chi connectivity index (χ3v) is 3.78. The Balaban J connectivity index is 1.81. The molecule has 0 amide bonds. The molecule has 2 aromatic carbocycles. The maximum atomic E-state index is 12.4. The Hall–Kier alpha value is -3.94. The van der Waals surface area contributed by atoms with Crippen LogP contribution in [0.3, 0.4) is 0 Å². The van der Waals surface area contributed by atoms with Gasteiger partial charge in [-0.05, 0) is 60.8 Å². The molecule has 0 aliphatic heterocycles. The van der Waals surface area contributed by atoms with Crippen LogP contribution in [0.4, 0.5) is 5.69 Å². The summed E-state index contributed by atoms with van der Waals surface area (Å²) in [6, 6.07) is 13.0. The summed E-state index contributed by atoms with van der Waals surface area (Å²) in [5.74, 6) is -0.760. The lowest BCUT2D eigenvalue weighted by Crippen LogP contribution is -2.21. The predicted octanol–water partition coefficient (Wildman–Crippen LogP) is 2.54. The zero-order valence-electron chi connectivity index (χ0n) is 15.1. The van der Waals surface area contributed by atoms with Crippen molar-refractivity contribution >= 4 is 34.4 Å². The van der Waals surface area contributed by atoms with Gasteiger partial charge < -0.3 is 20.9 Å². The van der Waals surface area contributed by atoms with Gasteiger partial charge in [-0.15, -0.1) is 0 Å².